The van der Waals surface area contributed by atoms with E-state index in [-0.39, 0.29) is 5.63 Å². The van der Waals surface area contributed by atoms with Crippen molar-refractivity contribution in [3.05, 3.63) is 75.1 Å². The van der Waals surface area contributed by atoms with E-state index in [2.05, 4.69) is 0 Å². The van der Waals surface area contributed by atoms with Crippen LogP contribution in [0.25, 0.3) is 11.0 Å². The van der Waals surface area contributed by atoms with Gasteiger partial charge in [-0.15, -0.1) is 0 Å². The molecular weight excluding hydrogens is 368 g/mol. The van der Waals surface area contributed by atoms with Crippen LogP contribution in [0.15, 0.2) is 51.7 Å². The Morgan fingerprint density at radius 2 is 1.76 bits per heavy atom. The Labute approximate surface area is 170 Å². The highest BCUT2D eigenvalue weighted by Crippen LogP contribution is 2.31. The standard InChI is InChI=1S/C24H26O5/c1-5-20(24(26)27-6-2)28-21-13-12-18-15(3)19(14-17-10-8-7-9-11-17)23(25)29-22(18)16(21)4/h7-13,20H,5-6,14H2,1-4H3/t20-/m0/s1. The Kier molecular flexibility index (Phi) is 6.37. The molecule has 5 nitrogen and oxygen atoms in total. The number of hydrogen-bond acceptors (Lipinski definition) is 5. The van der Waals surface area contributed by atoms with Gasteiger partial charge in [0.1, 0.15) is 11.3 Å². The summed E-state index contributed by atoms with van der Waals surface area (Å²) in [4.78, 5) is 24.8. The van der Waals surface area contributed by atoms with Gasteiger partial charge in [0.25, 0.3) is 0 Å². The number of hydrogen-bond donors (Lipinski definition) is 0. The van der Waals surface area contributed by atoms with Crippen LogP contribution in [0.5, 0.6) is 5.75 Å². The third-order valence-corrected chi connectivity index (χ3v) is 5.07. The summed E-state index contributed by atoms with van der Waals surface area (Å²) in [5.41, 5.74) is 3.43. The largest absolute Gasteiger partial charge is 0.478 e. The minimum absolute atomic E-state index is 0.299. The monoisotopic (exact) mass is 394 g/mol. The van der Waals surface area contributed by atoms with E-state index in [9.17, 15) is 9.59 Å². The maximum absolute atomic E-state index is 12.7. The Bertz CT molecular complexity index is 1070. The van der Waals surface area contributed by atoms with Crippen LogP contribution in [0.3, 0.4) is 0 Å². The van der Waals surface area contributed by atoms with Gasteiger partial charge in [-0.05, 0) is 50.5 Å². The fourth-order valence-corrected chi connectivity index (χ4v) is 3.39. The van der Waals surface area contributed by atoms with E-state index in [1.165, 1.54) is 0 Å². The van der Waals surface area contributed by atoms with Crippen molar-refractivity contribution in [1.82, 2.24) is 0 Å². The molecule has 0 saturated heterocycles. The van der Waals surface area contributed by atoms with E-state index >= 15 is 0 Å². The fourth-order valence-electron chi connectivity index (χ4n) is 3.39. The number of carbonyl (C=O) groups excluding carboxylic acids is 1. The van der Waals surface area contributed by atoms with Gasteiger partial charge in [-0.2, -0.15) is 0 Å². The topological polar surface area (TPSA) is 65.7 Å². The second-order valence-corrected chi connectivity index (χ2v) is 6.99. The van der Waals surface area contributed by atoms with Gasteiger partial charge in [-0.3, -0.25) is 0 Å². The lowest BCUT2D eigenvalue weighted by atomic mass is 9.98. The average molecular weight is 394 g/mol. The van der Waals surface area contributed by atoms with E-state index in [1.807, 2.05) is 63.2 Å². The molecule has 0 unspecified atom stereocenters. The van der Waals surface area contributed by atoms with Gasteiger partial charge in [-0.25, -0.2) is 9.59 Å². The smallest absolute Gasteiger partial charge is 0.347 e. The van der Waals surface area contributed by atoms with Crippen molar-refractivity contribution in [2.24, 2.45) is 0 Å². The van der Waals surface area contributed by atoms with Gasteiger partial charge < -0.3 is 13.9 Å². The third kappa shape index (κ3) is 4.34. The highest BCUT2D eigenvalue weighted by Gasteiger charge is 2.22. The maximum atomic E-state index is 12.7. The van der Waals surface area contributed by atoms with Crippen LogP contribution in [-0.4, -0.2) is 18.7 Å². The van der Waals surface area contributed by atoms with Crippen LogP contribution in [0.4, 0.5) is 0 Å². The molecule has 0 aliphatic rings. The summed E-state index contributed by atoms with van der Waals surface area (Å²) >= 11 is 0. The van der Waals surface area contributed by atoms with Crippen molar-refractivity contribution in [2.45, 2.75) is 46.6 Å². The molecule has 0 aliphatic heterocycles. The van der Waals surface area contributed by atoms with Crippen molar-refractivity contribution < 1.29 is 18.7 Å². The second-order valence-electron chi connectivity index (χ2n) is 6.99. The summed E-state index contributed by atoms with van der Waals surface area (Å²) in [6, 6.07) is 13.5. The third-order valence-electron chi connectivity index (χ3n) is 5.07. The van der Waals surface area contributed by atoms with Crippen LogP contribution in [0.1, 0.15) is 42.5 Å². The summed E-state index contributed by atoms with van der Waals surface area (Å²) in [5.74, 6) is 0.112. The molecule has 0 amide bonds. The van der Waals surface area contributed by atoms with Crippen LogP contribution >= 0.6 is 0 Å². The van der Waals surface area contributed by atoms with Crippen LogP contribution in [-0.2, 0) is 16.0 Å². The molecule has 1 heterocycles. The molecule has 152 valence electrons. The first-order chi connectivity index (χ1) is 14.0. The van der Waals surface area contributed by atoms with Gasteiger partial charge in [0, 0.05) is 22.9 Å². The Morgan fingerprint density at radius 1 is 1.03 bits per heavy atom. The summed E-state index contributed by atoms with van der Waals surface area (Å²) in [6.07, 6.45) is 0.300. The first-order valence-corrected chi connectivity index (χ1v) is 9.89. The molecular formula is C24H26O5. The Morgan fingerprint density at radius 3 is 2.41 bits per heavy atom. The zero-order chi connectivity index (χ0) is 21.0. The Hall–Kier alpha value is -3.08. The molecule has 5 heteroatoms. The summed E-state index contributed by atoms with van der Waals surface area (Å²) in [5, 5.41) is 0.865. The molecule has 29 heavy (non-hydrogen) atoms. The predicted octanol–water partition coefficient (Wildman–Crippen LogP) is 4.72. The number of rotatable bonds is 7. The highest BCUT2D eigenvalue weighted by atomic mass is 16.6. The molecule has 0 saturated carbocycles. The quantitative estimate of drug-likeness (QED) is 0.428. The normalized spacial score (nSPS) is 12.0. The number of benzene rings is 2. The lowest BCUT2D eigenvalue weighted by Crippen LogP contribution is -2.29. The van der Waals surface area contributed by atoms with Crippen molar-refractivity contribution in [2.75, 3.05) is 6.61 Å². The lowest BCUT2D eigenvalue weighted by molar-refractivity contribution is -0.151. The molecule has 0 bridgehead atoms. The van der Waals surface area contributed by atoms with Crippen molar-refractivity contribution >= 4 is 16.9 Å². The van der Waals surface area contributed by atoms with Gasteiger partial charge in [0.05, 0.1) is 6.61 Å². The number of aryl methyl sites for hydroxylation is 2. The molecule has 0 aliphatic carbocycles. The summed E-state index contributed by atoms with van der Waals surface area (Å²) in [6.45, 7) is 7.68. The number of fused-ring (bicyclic) bond motifs is 1. The highest BCUT2D eigenvalue weighted by molar-refractivity contribution is 5.86. The summed E-state index contributed by atoms with van der Waals surface area (Å²) in [7, 11) is 0. The molecule has 0 spiro atoms. The van der Waals surface area contributed by atoms with E-state index in [0.717, 1.165) is 16.5 Å². The van der Waals surface area contributed by atoms with Gasteiger partial charge in [0.2, 0.25) is 0 Å². The predicted molar refractivity (Wildman–Crippen MR) is 113 cm³/mol. The molecule has 2 aromatic carbocycles. The van der Waals surface area contributed by atoms with Crippen molar-refractivity contribution in [1.29, 1.82) is 0 Å². The van der Waals surface area contributed by atoms with Crippen molar-refractivity contribution in [3.8, 4) is 5.75 Å². The molecule has 0 N–H and O–H groups in total. The van der Waals surface area contributed by atoms with Gasteiger partial charge >= 0.3 is 11.6 Å². The second kappa shape index (κ2) is 8.95. The van der Waals surface area contributed by atoms with Crippen LogP contribution < -0.4 is 10.4 Å². The van der Waals surface area contributed by atoms with Gasteiger partial charge in [-0.1, -0.05) is 37.3 Å². The van der Waals surface area contributed by atoms with E-state index in [4.69, 9.17) is 13.9 Å². The van der Waals surface area contributed by atoms with E-state index in [0.29, 0.717) is 41.9 Å². The number of ether oxygens (including phenoxy) is 2. The molecule has 3 aromatic rings. The molecule has 0 radical (unpaired) electrons. The minimum Gasteiger partial charge on any atom is -0.478 e. The van der Waals surface area contributed by atoms with Crippen molar-refractivity contribution in [3.63, 3.8) is 0 Å². The molecule has 0 fully saturated rings. The van der Waals surface area contributed by atoms with Crippen LogP contribution in [0.2, 0.25) is 0 Å². The molecule has 1 atom stereocenters. The first kappa shape index (κ1) is 20.6. The fraction of sp³-hybridized carbons (Fsp3) is 0.333. The lowest BCUT2D eigenvalue weighted by Gasteiger charge is -2.18. The Balaban J connectivity index is 2.00. The summed E-state index contributed by atoms with van der Waals surface area (Å²) < 4.78 is 16.6. The van der Waals surface area contributed by atoms with E-state index < -0.39 is 12.1 Å². The molecule has 3 rings (SSSR count). The van der Waals surface area contributed by atoms with Crippen LogP contribution in [0, 0.1) is 13.8 Å². The number of carbonyl (C=O) groups is 1. The number of esters is 1. The zero-order valence-electron chi connectivity index (χ0n) is 17.3. The SMILES string of the molecule is CCOC(=O)[C@H](CC)Oc1ccc2c(C)c(Cc3ccccc3)c(=O)oc2c1C. The minimum atomic E-state index is -0.698. The van der Waals surface area contributed by atoms with E-state index in [1.54, 1.807) is 6.92 Å². The zero-order valence-corrected chi connectivity index (χ0v) is 17.3. The maximum Gasteiger partial charge on any atom is 0.347 e. The average Bonchev–Trinajstić information content (AvgIpc) is 2.72. The molecule has 1 aromatic heterocycles. The first-order valence-electron chi connectivity index (χ1n) is 9.89. The van der Waals surface area contributed by atoms with Gasteiger partial charge in [0.15, 0.2) is 6.10 Å².